The fourth-order valence-corrected chi connectivity index (χ4v) is 4.86. The number of anilines is 1. The number of nitrogens with zero attached hydrogens (tertiary/aromatic N) is 3. The third-order valence-corrected chi connectivity index (χ3v) is 6.43. The van der Waals surface area contributed by atoms with Gasteiger partial charge < -0.3 is 25.0 Å². The average Bonchev–Trinajstić information content (AvgIpc) is 3.41. The predicted molar refractivity (Wildman–Crippen MR) is 99.3 cm³/mol. The van der Waals surface area contributed by atoms with Crippen molar-refractivity contribution in [2.75, 3.05) is 18.0 Å². The Kier molecular flexibility index (Phi) is 3.52. The number of ether oxygens (including phenoxy) is 1. The van der Waals surface area contributed by atoms with Crippen LogP contribution in [0.15, 0.2) is 17.1 Å². The maximum atomic E-state index is 14.9. The third kappa shape index (κ3) is 2.49. The average molecular weight is 388 g/mol. The smallest absolute Gasteiger partial charge is 0.449 e. The van der Waals surface area contributed by atoms with Crippen LogP contribution in [0.5, 0.6) is 5.75 Å². The lowest BCUT2D eigenvalue weighted by Crippen LogP contribution is -2.53. The molecular formula is C19H21FN4O4. The fraction of sp³-hybridized carbons (Fsp3) is 0.526. The topological polar surface area (TPSA) is 111 Å². The Labute approximate surface area is 159 Å². The maximum Gasteiger partial charge on any atom is 0.511 e. The minimum Gasteiger partial charge on any atom is -0.449 e. The van der Waals surface area contributed by atoms with Crippen LogP contribution in [-0.4, -0.2) is 39.9 Å². The Morgan fingerprint density at radius 3 is 2.82 bits per heavy atom. The van der Waals surface area contributed by atoms with E-state index >= 15 is 0 Å². The zero-order valence-electron chi connectivity index (χ0n) is 15.4. The van der Waals surface area contributed by atoms with Crippen LogP contribution in [0.2, 0.25) is 0 Å². The van der Waals surface area contributed by atoms with Crippen LogP contribution in [0.3, 0.4) is 0 Å². The first-order valence-corrected chi connectivity index (χ1v) is 9.43. The van der Waals surface area contributed by atoms with E-state index in [0.717, 1.165) is 25.3 Å². The van der Waals surface area contributed by atoms with E-state index in [9.17, 15) is 14.0 Å². The molecule has 2 saturated carbocycles. The van der Waals surface area contributed by atoms with Gasteiger partial charge in [0.2, 0.25) is 5.43 Å². The van der Waals surface area contributed by atoms with E-state index in [1.165, 1.54) is 6.20 Å². The summed E-state index contributed by atoms with van der Waals surface area (Å²) in [7, 11) is 0. The molecule has 148 valence electrons. The van der Waals surface area contributed by atoms with Crippen molar-refractivity contribution in [3.8, 4) is 5.75 Å². The van der Waals surface area contributed by atoms with Crippen molar-refractivity contribution in [3.05, 3.63) is 28.3 Å². The molecule has 3 aliphatic rings. The number of hydrogen-bond acceptors (Lipinski definition) is 6. The molecule has 2 aliphatic carbocycles. The molecule has 3 N–H and O–H groups in total. The first-order chi connectivity index (χ1) is 13.3. The second kappa shape index (κ2) is 5.66. The molecule has 2 aromatic rings. The van der Waals surface area contributed by atoms with Gasteiger partial charge in [-0.2, -0.15) is 0 Å². The van der Waals surface area contributed by atoms with Gasteiger partial charge in [-0.3, -0.25) is 4.79 Å². The van der Waals surface area contributed by atoms with Gasteiger partial charge in [-0.1, -0.05) is 6.92 Å². The number of rotatable bonds is 3. The molecule has 28 heavy (non-hydrogen) atoms. The summed E-state index contributed by atoms with van der Waals surface area (Å²) >= 11 is 0. The molecule has 1 aliphatic heterocycles. The molecule has 0 radical (unpaired) electrons. The van der Waals surface area contributed by atoms with Crippen molar-refractivity contribution in [2.45, 2.75) is 38.3 Å². The van der Waals surface area contributed by atoms with Crippen molar-refractivity contribution < 1.29 is 19.0 Å². The minimum absolute atomic E-state index is 0.0250. The lowest BCUT2D eigenvalue weighted by molar-refractivity contribution is 0.0771. The number of pyridine rings is 2. The van der Waals surface area contributed by atoms with Gasteiger partial charge in [0.25, 0.3) is 0 Å². The maximum absolute atomic E-state index is 14.9. The molecule has 1 unspecified atom stereocenters. The second-order valence-electron chi connectivity index (χ2n) is 8.50. The van der Waals surface area contributed by atoms with E-state index in [-0.39, 0.29) is 34.5 Å². The Balaban J connectivity index is 1.63. The highest BCUT2D eigenvalue weighted by Crippen LogP contribution is 2.51. The van der Waals surface area contributed by atoms with Gasteiger partial charge in [0.15, 0.2) is 17.4 Å². The number of fused-ring (bicyclic) bond motifs is 2. The third-order valence-electron chi connectivity index (χ3n) is 6.43. The summed E-state index contributed by atoms with van der Waals surface area (Å²) in [5, 5.41) is 8.90. The standard InChI is InChI=1S/C19H21FN4O4/c1-19-5-13(21)11(19)6-23(8-19)17-12(20)4-10-15(25)14(28-18(26)27)7-24(9-2-3-9)16(10)22-17/h4,7,9,11,13H,2-3,5-6,8,21H2,1H3,(H,26,27)/t11-,13-,19?/m0/s1. The van der Waals surface area contributed by atoms with Gasteiger partial charge in [-0.05, 0) is 36.7 Å². The second-order valence-corrected chi connectivity index (χ2v) is 8.50. The van der Waals surface area contributed by atoms with E-state index in [0.29, 0.717) is 24.7 Å². The van der Waals surface area contributed by atoms with E-state index in [4.69, 9.17) is 10.8 Å². The zero-order chi connectivity index (χ0) is 19.8. The summed E-state index contributed by atoms with van der Waals surface area (Å²) in [6.45, 7) is 3.48. The molecule has 0 aromatic carbocycles. The van der Waals surface area contributed by atoms with E-state index in [1.807, 2.05) is 4.90 Å². The lowest BCUT2D eigenvalue weighted by Gasteiger charge is -2.46. The van der Waals surface area contributed by atoms with Gasteiger partial charge in [0, 0.05) is 25.2 Å². The highest BCUT2D eigenvalue weighted by Gasteiger charge is 2.55. The molecular weight excluding hydrogens is 367 g/mol. The molecule has 3 heterocycles. The minimum atomic E-state index is -1.58. The van der Waals surface area contributed by atoms with Crippen LogP contribution in [0, 0.1) is 17.2 Å². The predicted octanol–water partition coefficient (Wildman–Crippen LogP) is 2.10. The molecule has 8 nitrogen and oxygen atoms in total. The van der Waals surface area contributed by atoms with Crippen LogP contribution in [0.4, 0.5) is 15.0 Å². The zero-order valence-corrected chi connectivity index (χ0v) is 15.4. The Bertz CT molecular complexity index is 1070. The lowest BCUT2D eigenvalue weighted by atomic mass is 9.60. The van der Waals surface area contributed by atoms with Crippen molar-refractivity contribution in [1.82, 2.24) is 9.55 Å². The number of carbonyl (C=O) groups is 1. The largest absolute Gasteiger partial charge is 0.511 e. The van der Waals surface area contributed by atoms with Gasteiger partial charge in [-0.25, -0.2) is 14.2 Å². The molecule has 5 rings (SSSR count). The Hall–Kier alpha value is -2.68. The van der Waals surface area contributed by atoms with Crippen LogP contribution in [0.1, 0.15) is 32.2 Å². The quantitative estimate of drug-likeness (QED) is 0.775. The summed E-state index contributed by atoms with van der Waals surface area (Å²) in [4.78, 5) is 29.9. The molecule has 3 fully saturated rings. The van der Waals surface area contributed by atoms with Gasteiger partial charge in [0.1, 0.15) is 5.65 Å². The van der Waals surface area contributed by atoms with Gasteiger partial charge in [0.05, 0.1) is 11.6 Å². The van der Waals surface area contributed by atoms with E-state index in [2.05, 4.69) is 16.6 Å². The number of carboxylic acid groups (broad SMARTS) is 1. The molecule has 9 heteroatoms. The number of nitrogens with two attached hydrogens (primary N) is 1. The SMILES string of the molecule is CC12C[C@H](N)[C@@H]1CN(c1nc3c(cc1F)c(=O)c(OC(=O)O)cn3C1CC1)C2. The Morgan fingerprint density at radius 1 is 1.46 bits per heavy atom. The van der Waals surface area contributed by atoms with Crippen LogP contribution >= 0.6 is 0 Å². The number of aromatic nitrogens is 2. The highest BCUT2D eigenvalue weighted by molar-refractivity contribution is 5.80. The first kappa shape index (κ1) is 17.4. The summed E-state index contributed by atoms with van der Waals surface area (Å²) in [5.41, 5.74) is 5.86. The molecule has 2 aromatic heterocycles. The van der Waals surface area contributed by atoms with Crippen molar-refractivity contribution in [3.63, 3.8) is 0 Å². The fourth-order valence-electron chi connectivity index (χ4n) is 4.86. The summed E-state index contributed by atoms with van der Waals surface area (Å²) in [6, 6.07) is 1.38. The van der Waals surface area contributed by atoms with Crippen LogP contribution in [-0.2, 0) is 0 Å². The molecule has 0 amide bonds. The molecule has 1 saturated heterocycles. The molecule has 3 atom stereocenters. The summed E-state index contributed by atoms with van der Waals surface area (Å²) < 4.78 is 21.3. The van der Waals surface area contributed by atoms with Gasteiger partial charge in [-0.15, -0.1) is 0 Å². The molecule has 0 spiro atoms. The van der Waals surface area contributed by atoms with Crippen molar-refractivity contribution >= 4 is 23.0 Å². The van der Waals surface area contributed by atoms with Crippen molar-refractivity contribution in [2.24, 2.45) is 17.1 Å². The van der Waals surface area contributed by atoms with Crippen molar-refractivity contribution in [1.29, 1.82) is 0 Å². The van der Waals surface area contributed by atoms with Crippen LogP contribution in [0.25, 0.3) is 11.0 Å². The first-order valence-electron chi connectivity index (χ1n) is 9.43. The van der Waals surface area contributed by atoms with E-state index < -0.39 is 17.4 Å². The number of halogens is 1. The summed E-state index contributed by atoms with van der Waals surface area (Å²) in [6.07, 6.45) is 2.47. The van der Waals surface area contributed by atoms with E-state index in [1.54, 1.807) is 4.57 Å². The van der Waals surface area contributed by atoms with Crippen LogP contribution < -0.4 is 20.8 Å². The normalized spacial score (nSPS) is 28.9. The number of hydrogen-bond donors (Lipinski definition) is 2. The van der Waals surface area contributed by atoms with Gasteiger partial charge >= 0.3 is 6.16 Å². The summed E-state index contributed by atoms with van der Waals surface area (Å²) in [5.74, 6) is -0.408. The highest BCUT2D eigenvalue weighted by atomic mass is 19.1. The monoisotopic (exact) mass is 388 g/mol. The Morgan fingerprint density at radius 2 is 2.21 bits per heavy atom. The molecule has 0 bridgehead atoms.